The van der Waals surface area contributed by atoms with Crippen LogP contribution in [0.2, 0.25) is 0 Å². The Morgan fingerprint density at radius 3 is 2.83 bits per heavy atom. The van der Waals surface area contributed by atoms with Crippen molar-refractivity contribution in [1.82, 2.24) is 0 Å². The third-order valence-electron chi connectivity index (χ3n) is 1.52. The van der Waals surface area contributed by atoms with E-state index in [1.807, 2.05) is 11.4 Å². The molecule has 0 aliphatic heterocycles. The average Bonchev–Trinajstić information content (AvgIpc) is 2.36. The van der Waals surface area contributed by atoms with Gasteiger partial charge in [0.25, 0.3) is 0 Å². The number of ketones is 1. The maximum atomic E-state index is 11.2. The lowest BCUT2D eigenvalue weighted by Crippen LogP contribution is -2.02. The van der Waals surface area contributed by atoms with Gasteiger partial charge < -0.3 is 0 Å². The number of hydrogen-bond acceptors (Lipinski definition) is 2. The zero-order valence-electron chi connectivity index (χ0n) is 6.76. The predicted octanol–water partition coefficient (Wildman–Crippen LogP) is 3.20. The SMILES string of the molecule is C=C(C)C(=O)Cc1ccsc1Br. The van der Waals surface area contributed by atoms with Gasteiger partial charge in [-0.25, -0.2) is 0 Å². The summed E-state index contributed by atoms with van der Waals surface area (Å²) in [6.07, 6.45) is 0.458. The van der Waals surface area contributed by atoms with Gasteiger partial charge >= 0.3 is 0 Å². The largest absolute Gasteiger partial charge is 0.294 e. The standard InChI is InChI=1S/C9H9BrOS/c1-6(2)8(11)5-7-3-4-12-9(7)10/h3-4H,1,5H2,2H3. The zero-order valence-corrected chi connectivity index (χ0v) is 9.17. The molecule has 1 heterocycles. The molecule has 64 valence electrons. The molecular formula is C9H9BrOS. The van der Waals surface area contributed by atoms with E-state index in [1.54, 1.807) is 18.3 Å². The molecule has 0 saturated heterocycles. The van der Waals surface area contributed by atoms with Crippen LogP contribution in [0.5, 0.6) is 0 Å². The topological polar surface area (TPSA) is 17.1 Å². The highest BCUT2D eigenvalue weighted by Crippen LogP contribution is 2.24. The number of carbonyl (C=O) groups is 1. The Morgan fingerprint density at radius 2 is 2.42 bits per heavy atom. The van der Waals surface area contributed by atoms with Crippen molar-refractivity contribution in [3.63, 3.8) is 0 Å². The van der Waals surface area contributed by atoms with Crippen molar-refractivity contribution in [2.24, 2.45) is 0 Å². The molecular weight excluding hydrogens is 236 g/mol. The summed E-state index contributed by atoms with van der Waals surface area (Å²) in [4.78, 5) is 11.2. The van der Waals surface area contributed by atoms with Crippen LogP contribution in [0, 0.1) is 0 Å². The van der Waals surface area contributed by atoms with E-state index >= 15 is 0 Å². The van der Waals surface area contributed by atoms with E-state index in [1.165, 1.54) is 0 Å². The smallest absolute Gasteiger partial charge is 0.162 e. The fourth-order valence-corrected chi connectivity index (χ4v) is 2.01. The van der Waals surface area contributed by atoms with Crippen LogP contribution in [-0.2, 0) is 11.2 Å². The molecule has 0 bridgehead atoms. The highest BCUT2D eigenvalue weighted by molar-refractivity contribution is 9.11. The van der Waals surface area contributed by atoms with Crippen molar-refractivity contribution >= 4 is 33.0 Å². The van der Waals surface area contributed by atoms with Gasteiger partial charge in [-0.05, 0) is 45.4 Å². The third-order valence-corrected chi connectivity index (χ3v) is 3.33. The summed E-state index contributed by atoms with van der Waals surface area (Å²) in [5.74, 6) is 0.106. The van der Waals surface area contributed by atoms with Crippen LogP contribution in [-0.4, -0.2) is 5.78 Å². The summed E-state index contributed by atoms with van der Waals surface area (Å²) >= 11 is 4.97. The monoisotopic (exact) mass is 244 g/mol. The summed E-state index contributed by atoms with van der Waals surface area (Å²) in [6.45, 7) is 5.34. The van der Waals surface area contributed by atoms with Crippen molar-refractivity contribution in [2.75, 3.05) is 0 Å². The Bertz CT molecular complexity index is 314. The Labute approximate surface area is 84.2 Å². The average molecular weight is 245 g/mol. The van der Waals surface area contributed by atoms with Gasteiger partial charge in [-0.3, -0.25) is 4.79 Å². The summed E-state index contributed by atoms with van der Waals surface area (Å²) in [5.41, 5.74) is 1.67. The molecule has 0 fully saturated rings. The molecule has 0 spiro atoms. The lowest BCUT2D eigenvalue weighted by molar-refractivity contribution is -0.114. The summed E-state index contributed by atoms with van der Waals surface area (Å²) in [5, 5.41) is 1.96. The van der Waals surface area contributed by atoms with Gasteiger partial charge in [-0.15, -0.1) is 11.3 Å². The second-order valence-electron chi connectivity index (χ2n) is 2.60. The quantitative estimate of drug-likeness (QED) is 0.747. The molecule has 1 aromatic heterocycles. The Morgan fingerprint density at radius 1 is 1.75 bits per heavy atom. The van der Waals surface area contributed by atoms with E-state index in [4.69, 9.17) is 0 Å². The first-order chi connectivity index (χ1) is 5.61. The molecule has 0 amide bonds. The number of hydrogen-bond donors (Lipinski definition) is 0. The molecule has 12 heavy (non-hydrogen) atoms. The minimum Gasteiger partial charge on any atom is -0.294 e. The lowest BCUT2D eigenvalue weighted by atomic mass is 10.1. The molecule has 0 aromatic carbocycles. The fraction of sp³-hybridized carbons (Fsp3) is 0.222. The van der Waals surface area contributed by atoms with Crippen LogP contribution in [0.15, 0.2) is 27.4 Å². The van der Waals surface area contributed by atoms with Crippen LogP contribution in [0.25, 0.3) is 0 Å². The van der Waals surface area contributed by atoms with Crippen molar-refractivity contribution in [2.45, 2.75) is 13.3 Å². The van der Waals surface area contributed by atoms with Gasteiger partial charge in [0.15, 0.2) is 5.78 Å². The lowest BCUT2D eigenvalue weighted by Gasteiger charge is -1.97. The van der Waals surface area contributed by atoms with E-state index in [0.717, 1.165) is 9.35 Å². The first-order valence-corrected chi connectivity index (χ1v) is 5.19. The molecule has 0 aliphatic rings. The van der Waals surface area contributed by atoms with Crippen molar-refractivity contribution in [1.29, 1.82) is 0 Å². The second-order valence-corrected chi connectivity index (χ2v) is 4.83. The van der Waals surface area contributed by atoms with Crippen LogP contribution in [0.3, 0.4) is 0 Å². The highest BCUT2D eigenvalue weighted by Gasteiger charge is 2.07. The van der Waals surface area contributed by atoms with Crippen molar-refractivity contribution in [3.05, 3.63) is 32.9 Å². The molecule has 1 rings (SSSR count). The van der Waals surface area contributed by atoms with Gasteiger partial charge in [-0.2, -0.15) is 0 Å². The van der Waals surface area contributed by atoms with Crippen molar-refractivity contribution < 1.29 is 4.79 Å². The number of allylic oxidation sites excluding steroid dienone is 1. The second kappa shape index (κ2) is 4.01. The van der Waals surface area contributed by atoms with Crippen LogP contribution >= 0.6 is 27.3 Å². The Hall–Kier alpha value is -0.410. The van der Waals surface area contributed by atoms with Gasteiger partial charge in [0.1, 0.15) is 0 Å². The van der Waals surface area contributed by atoms with Gasteiger partial charge in [0.2, 0.25) is 0 Å². The van der Waals surface area contributed by atoms with Crippen LogP contribution < -0.4 is 0 Å². The molecule has 1 nitrogen and oxygen atoms in total. The maximum Gasteiger partial charge on any atom is 0.162 e. The van der Waals surface area contributed by atoms with Crippen LogP contribution in [0.4, 0.5) is 0 Å². The number of carbonyl (C=O) groups excluding carboxylic acids is 1. The first kappa shape index (κ1) is 9.68. The highest BCUT2D eigenvalue weighted by atomic mass is 79.9. The molecule has 3 heteroatoms. The van der Waals surface area contributed by atoms with Gasteiger partial charge in [-0.1, -0.05) is 6.58 Å². The minimum atomic E-state index is 0.106. The van der Waals surface area contributed by atoms with Gasteiger partial charge in [0.05, 0.1) is 3.79 Å². The minimum absolute atomic E-state index is 0.106. The summed E-state index contributed by atoms with van der Waals surface area (Å²) in [7, 11) is 0. The molecule has 0 radical (unpaired) electrons. The van der Waals surface area contributed by atoms with Gasteiger partial charge in [0, 0.05) is 6.42 Å². The maximum absolute atomic E-state index is 11.2. The fourth-order valence-electron chi connectivity index (χ4n) is 0.769. The Balaban J connectivity index is 2.71. The van der Waals surface area contributed by atoms with E-state index in [-0.39, 0.29) is 5.78 Å². The van der Waals surface area contributed by atoms with E-state index in [2.05, 4.69) is 22.5 Å². The van der Waals surface area contributed by atoms with Crippen molar-refractivity contribution in [3.8, 4) is 0 Å². The normalized spacial score (nSPS) is 9.83. The number of halogens is 1. The summed E-state index contributed by atoms with van der Waals surface area (Å²) < 4.78 is 1.04. The van der Waals surface area contributed by atoms with Crippen LogP contribution in [0.1, 0.15) is 12.5 Å². The third kappa shape index (κ3) is 2.29. The molecule has 0 unspecified atom stereocenters. The number of rotatable bonds is 3. The predicted molar refractivity (Wildman–Crippen MR) is 55.5 cm³/mol. The van der Waals surface area contributed by atoms with E-state index < -0.39 is 0 Å². The molecule has 1 aromatic rings. The Kier molecular flexibility index (Phi) is 3.23. The number of Topliss-reactive ketones (excluding diaryl/α,β-unsaturated/α-hetero) is 1. The molecule has 0 atom stereocenters. The first-order valence-electron chi connectivity index (χ1n) is 3.52. The molecule has 0 saturated carbocycles. The number of thiophene rings is 1. The van der Waals surface area contributed by atoms with E-state index in [0.29, 0.717) is 12.0 Å². The zero-order chi connectivity index (χ0) is 9.14. The molecule has 0 N–H and O–H groups in total. The molecule has 0 aliphatic carbocycles. The summed E-state index contributed by atoms with van der Waals surface area (Å²) in [6, 6.07) is 1.95. The van der Waals surface area contributed by atoms with E-state index in [9.17, 15) is 4.79 Å².